The van der Waals surface area contributed by atoms with Gasteiger partial charge in [0.05, 0.1) is 0 Å². The van der Waals surface area contributed by atoms with Crippen LogP contribution < -0.4 is 0 Å². The summed E-state index contributed by atoms with van der Waals surface area (Å²) in [7, 11) is 0. The maximum Gasteiger partial charge on any atom is 0.135 e. The van der Waals surface area contributed by atoms with E-state index >= 15 is 0 Å². The van der Waals surface area contributed by atoms with Crippen molar-refractivity contribution in [3.8, 4) is 0 Å². The van der Waals surface area contributed by atoms with Crippen LogP contribution in [0.3, 0.4) is 0 Å². The first kappa shape index (κ1) is 17.1. The first-order valence-electron chi connectivity index (χ1n) is 8.48. The molecular weight excluding hydrogens is 280 g/mol. The minimum atomic E-state index is -1.66. The molecule has 4 heteroatoms. The van der Waals surface area contributed by atoms with E-state index in [1.807, 2.05) is 6.92 Å². The fraction of sp³-hybridized carbons (Fsp3) is 1.00. The van der Waals surface area contributed by atoms with E-state index in [1.165, 1.54) is 0 Å². The molecule has 0 radical (unpaired) electrons. The van der Waals surface area contributed by atoms with Crippen LogP contribution in [0.2, 0.25) is 0 Å². The lowest BCUT2D eigenvalue weighted by Gasteiger charge is -2.50. The van der Waals surface area contributed by atoms with Crippen LogP contribution in [0.15, 0.2) is 0 Å². The van der Waals surface area contributed by atoms with Gasteiger partial charge in [0.1, 0.15) is 24.7 Å². The highest BCUT2D eigenvalue weighted by Crippen LogP contribution is 2.52. The van der Waals surface area contributed by atoms with Crippen LogP contribution in [-0.4, -0.2) is 24.7 Å². The Morgan fingerprint density at radius 1 is 1.05 bits per heavy atom. The van der Waals surface area contributed by atoms with E-state index in [-0.39, 0.29) is 24.2 Å². The Morgan fingerprint density at radius 2 is 1.71 bits per heavy atom. The van der Waals surface area contributed by atoms with E-state index < -0.39 is 36.5 Å². The fourth-order valence-corrected chi connectivity index (χ4v) is 4.74. The summed E-state index contributed by atoms with van der Waals surface area (Å²) in [6.45, 7) is 5.27. The number of hydrogen-bond acceptors (Lipinski definition) is 0. The predicted molar refractivity (Wildman–Crippen MR) is 77.1 cm³/mol. The van der Waals surface area contributed by atoms with Crippen molar-refractivity contribution in [1.82, 2.24) is 0 Å². The third-order valence-electron chi connectivity index (χ3n) is 5.96. The van der Waals surface area contributed by atoms with Gasteiger partial charge in [-0.25, -0.2) is 17.6 Å². The number of hydrogen-bond donors (Lipinski definition) is 0. The summed E-state index contributed by atoms with van der Waals surface area (Å²) in [4.78, 5) is 0. The lowest BCUT2D eigenvalue weighted by Crippen LogP contribution is -2.53. The van der Waals surface area contributed by atoms with Crippen LogP contribution in [0.4, 0.5) is 17.6 Å². The Labute approximate surface area is 125 Å². The van der Waals surface area contributed by atoms with Crippen molar-refractivity contribution < 1.29 is 17.6 Å². The van der Waals surface area contributed by atoms with Gasteiger partial charge >= 0.3 is 0 Å². The number of halogens is 4. The molecule has 0 aromatic carbocycles. The minimum absolute atomic E-state index is 0.0112. The molecule has 9 atom stereocenters. The lowest BCUT2D eigenvalue weighted by atomic mass is 9.56. The Kier molecular flexibility index (Phi) is 5.59. The van der Waals surface area contributed by atoms with Crippen molar-refractivity contribution in [2.45, 2.75) is 77.6 Å². The molecular formula is C17H28F4. The molecule has 2 aliphatic rings. The van der Waals surface area contributed by atoms with Crippen LogP contribution in [-0.2, 0) is 0 Å². The molecule has 2 aliphatic carbocycles. The van der Waals surface area contributed by atoms with E-state index in [1.54, 1.807) is 13.8 Å². The summed E-state index contributed by atoms with van der Waals surface area (Å²) in [5.74, 6) is -1.63. The van der Waals surface area contributed by atoms with Gasteiger partial charge in [-0.2, -0.15) is 0 Å². The summed E-state index contributed by atoms with van der Waals surface area (Å²) < 4.78 is 57.2. The van der Waals surface area contributed by atoms with Gasteiger partial charge in [-0.3, -0.25) is 0 Å². The molecule has 21 heavy (non-hydrogen) atoms. The molecule has 0 aromatic rings. The van der Waals surface area contributed by atoms with Crippen molar-refractivity contribution in [1.29, 1.82) is 0 Å². The Hall–Kier alpha value is -0.280. The Balaban J connectivity index is 2.27. The van der Waals surface area contributed by atoms with Gasteiger partial charge in [-0.15, -0.1) is 0 Å². The molecule has 0 heterocycles. The highest BCUT2D eigenvalue weighted by Gasteiger charge is 2.54. The second-order valence-electron chi connectivity index (χ2n) is 7.13. The highest BCUT2D eigenvalue weighted by atomic mass is 19.2. The summed E-state index contributed by atoms with van der Waals surface area (Å²) in [6, 6.07) is 0. The minimum Gasteiger partial charge on any atom is -0.244 e. The van der Waals surface area contributed by atoms with Crippen LogP contribution in [0.1, 0.15) is 52.9 Å². The van der Waals surface area contributed by atoms with Gasteiger partial charge in [-0.05, 0) is 43.4 Å². The van der Waals surface area contributed by atoms with E-state index in [2.05, 4.69) is 0 Å². The topological polar surface area (TPSA) is 0 Å². The lowest BCUT2D eigenvalue weighted by molar-refractivity contribution is -0.102. The number of rotatable bonds is 4. The van der Waals surface area contributed by atoms with Gasteiger partial charge < -0.3 is 0 Å². The van der Waals surface area contributed by atoms with Gasteiger partial charge in [0.15, 0.2) is 0 Å². The summed E-state index contributed by atoms with van der Waals surface area (Å²) in [5.41, 5.74) is 0. The zero-order chi connectivity index (χ0) is 15.7. The Morgan fingerprint density at radius 3 is 2.29 bits per heavy atom. The summed E-state index contributed by atoms with van der Waals surface area (Å²) >= 11 is 0. The first-order valence-corrected chi connectivity index (χ1v) is 8.48. The molecule has 9 unspecified atom stereocenters. The molecule has 0 bridgehead atoms. The van der Waals surface area contributed by atoms with Crippen LogP contribution >= 0.6 is 0 Å². The molecule has 0 N–H and O–H groups in total. The van der Waals surface area contributed by atoms with Crippen LogP contribution in [0.5, 0.6) is 0 Å². The number of fused-ring (bicyclic) bond motifs is 1. The maximum atomic E-state index is 14.6. The quantitative estimate of drug-likeness (QED) is 0.605. The molecule has 2 rings (SSSR count). The third kappa shape index (κ3) is 3.10. The average molecular weight is 308 g/mol. The SMILES string of the molecule is CCC(F)C(F)C1C(CC)CCC2CC(C)C(F)C(F)C21. The van der Waals surface area contributed by atoms with Crippen molar-refractivity contribution >= 4 is 0 Å². The van der Waals surface area contributed by atoms with Crippen LogP contribution in [0.25, 0.3) is 0 Å². The first-order chi connectivity index (χ1) is 9.92. The molecule has 124 valence electrons. The zero-order valence-corrected chi connectivity index (χ0v) is 13.2. The molecule has 0 aliphatic heterocycles. The smallest absolute Gasteiger partial charge is 0.135 e. The normalized spacial score (nSPS) is 46.7. The zero-order valence-electron chi connectivity index (χ0n) is 13.2. The standard InChI is InChI=1S/C17H28F4/c1-4-10-6-7-11-8-9(3)15(19)17(21)14(11)13(10)16(20)12(18)5-2/h9-17H,4-8H2,1-3H3. The van der Waals surface area contributed by atoms with Gasteiger partial charge in [0.2, 0.25) is 0 Å². The van der Waals surface area contributed by atoms with Crippen LogP contribution in [0, 0.1) is 29.6 Å². The molecule has 0 aromatic heterocycles. The molecule has 0 nitrogen and oxygen atoms in total. The maximum absolute atomic E-state index is 14.6. The van der Waals surface area contributed by atoms with Crippen molar-refractivity contribution in [3.05, 3.63) is 0 Å². The molecule has 0 amide bonds. The molecule has 2 fully saturated rings. The fourth-order valence-electron chi connectivity index (χ4n) is 4.74. The second-order valence-corrected chi connectivity index (χ2v) is 7.13. The number of alkyl halides is 4. The van der Waals surface area contributed by atoms with Gasteiger partial charge in [0, 0.05) is 11.8 Å². The van der Waals surface area contributed by atoms with Crippen molar-refractivity contribution in [2.24, 2.45) is 29.6 Å². The van der Waals surface area contributed by atoms with Gasteiger partial charge in [-0.1, -0.05) is 27.2 Å². The van der Waals surface area contributed by atoms with E-state index in [4.69, 9.17) is 0 Å². The van der Waals surface area contributed by atoms with E-state index in [0.717, 1.165) is 12.8 Å². The molecule has 0 spiro atoms. The van der Waals surface area contributed by atoms with Gasteiger partial charge in [0.25, 0.3) is 0 Å². The van der Waals surface area contributed by atoms with Crippen molar-refractivity contribution in [2.75, 3.05) is 0 Å². The second kappa shape index (κ2) is 6.87. The van der Waals surface area contributed by atoms with E-state index in [9.17, 15) is 17.6 Å². The summed E-state index contributed by atoms with van der Waals surface area (Å²) in [6.07, 6.45) is -3.34. The average Bonchev–Trinajstić information content (AvgIpc) is 2.50. The largest absolute Gasteiger partial charge is 0.244 e. The third-order valence-corrected chi connectivity index (χ3v) is 5.96. The van der Waals surface area contributed by atoms with Crippen molar-refractivity contribution in [3.63, 3.8) is 0 Å². The monoisotopic (exact) mass is 308 g/mol. The molecule has 2 saturated carbocycles. The van der Waals surface area contributed by atoms with E-state index in [0.29, 0.717) is 12.8 Å². The predicted octanol–water partition coefficient (Wildman–Crippen LogP) is 5.46. The summed E-state index contributed by atoms with van der Waals surface area (Å²) in [5, 5.41) is 0. The Bertz CT molecular complexity index is 333. The highest BCUT2D eigenvalue weighted by molar-refractivity contribution is 5.01. The molecule has 0 saturated heterocycles.